The molecular weight excluding hydrogens is 230 g/mol. The zero-order chi connectivity index (χ0) is 12.8. The van der Waals surface area contributed by atoms with Gasteiger partial charge in [-0.05, 0) is 6.07 Å². The summed E-state index contributed by atoms with van der Waals surface area (Å²) in [6, 6.07) is 5.48. The number of hydrogen-bond acceptors (Lipinski definition) is 4. The molecule has 18 heavy (non-hydrogen) atoms. The molecule has 0 fully saturated rings. The van der Waals surface area contributed by atoms with Gasteiger partial charge in [0.1, 0.15) is 0 Å². The Kier molecular flexibility index (Phi) is 4.20. The number of nitrogens with zero attached hydrogens (tertiary/aromatic N) is 2. The lowest BCUT2D eigenvalue weighted by atomic mass is 10.2. The van der Waals surface area contributed by atoms with Gasteiger partial charge >= 0.3 is 0 Å². The Balaban J connectivity index is 1.83. The van der Waals surface area contributed by atoms with Gasteiger partial charge in [-0.3, -0.25) is 0 Å². The van der Waals surface area contributed by atoms with E-state index in [0.29, 0.717) is 12.3 Å². The van der Waals surface area contributed by atoms with Crippen LogP contribution >= 0.6 is 0 Å². The van der Waals surface area contributed by atoms with Gasteiger partial charge in [0.05, 0.1) is 13.4 Å². The van der Waals surface area contributed by atoms with Gasteiger partial charge in [0.15, 0.2) is 11.5 Å². The van der Waals surface area contributed by atoms with Gasteiger partial charge in [0.2, 0.25) is 0 Å². The van der Waals surface area contributed by atoms with Crippen LogP contribution in [0.1, 0.15) is 5.56 Å². The van der Waals surface area contributed by atoms with Crippen LogP contribution in [0.15, 0.2) is 36.9 Å². The van der Waals surface area contributed by atoms with E-state index < -0.39 is 0 Å². The zero-order valence-corrected chi connectivity index (χ0v) is 10.3. The Bertz CT molecular complexity index is 483. The maximum atomic E-state index is 9.89. The summed E-state index contributed by atoms with van der Waals surface area (Å²) < 4.78 is 7.06. The zero-order valence-electron chi connectivity index (χ0n) is 10.3. The first-order chi connectivity index (χ1) is 8.81. The molecule has 0 saturated carbocycles. The van der Waals surface area contributed by atoms with Crippen molar-refractivity contribution in [2.45, 2.75) is 13.1 Å². The number of aromatic nitrogens is 2. The number of benzene rings is 1. The van der Waals surface area contributed by atoms with Crippen LogP contribution in [0.3, 0.4) is 0 Å². The second-order valence-electron chi connectivity index (χ2n) is 3.95. The lowest BCUT2D eigenvalue weighted by molar-refractivity contribution is 0.369. The minimum Gasteiger partial charge on any atom is -0.504 e. The molecule has 0 radical (unpaired) electrons. The van der Waals surface area contributed by atoms with Crippen molar-refractivity contribution in [2.75, 3.05) is 13.7 Å². The Labute approximate surface area is 106 Å². The van der Waals surface area contributed by atoms with Crippen molar-refractivity contribution < 1.29 is 9.84 Å². The summed E-state index contributed by atoms with van der Waals surface area (Å²) >= 11 is 0. The summed E-state index contributed by atoms with van der Waals surface area (Å²) in [4.78, 5) is 3.97. The van der Waals surface area contributed by atoms with Gasteiger partial charge in [-0.2, -0.15) is 0 Å². The van der Waals surface area contributed by atoms with Crippen LogP contribution in [-0.4, -0.2) is 28.3 Å². The lowest BCUT2D eigenvalue weighted by Gasteiger charge is -2.10. The van der Waals surface area contributed by atoms with Gasteiger partial charge in [0, 0.05) is 37.6 Å². The number of methoxy groups -OCH3 is 1. The fourth-order valence-corrected chi connectivity index (χ4v) is 1.73. The normalized spacial score (nSPS) is 10.5. The molecule has 0 unspecified atom stereocenters. The molecule has 2 N–H and O–H groups in total. The van der Waals surface area contributed by atoms with E-state index in [1.807, 2.05) is 22.9 Å². The molecule has 0 bridgehead atoms. The van der Waals surface area contributed by atoms with E-state index in [2.05, 4.69) is 10.3 Å². The summed E-state index contributed by atoms with van der Waals surface area (Å²) in [5.74, 6) is 0.707. The highest BCUT2D eigenvalue weighted by Gasteiger charge is 2.06. The quantitative estimate of drug-likeness (QED) is 0.757. The average molecular weight is 247 g/mol. The number of nitrogens with one attached hydrogen (secondary N) is 1. The summed E-state index contributed by atoms with van der Waals surface area (Å²) in [6.45, 7) is 2.27. The van der Waals surface area contributed by atoms with Gasteiger partial charge in [-0.25, -0.2) is 4.98 Å². The van der Waals surface area contributed by atoms with Crippen molar-refractivity contribution in [1.82, 2.24) is 14.9 Å². The predicted octanol–water partition coefficient (Wildman–Crippen LogP) is 1.39. The number of imidazole rings is 1. The number of para-hydroxylation sites is 1. The molecule has 0 aliphatic rings. The van der Waals surface area contributed by atoms with Crippen molar-refractivity contribution >= 4 is 0 Å². The maximum absolute atomic E-state index is 9.89. The summed E-state index contributed by atoms with van der Waals surface area (Å²) in [7, 11) is 1.55. The first-order valence-electron chi connectivity index (χ1n) is 5.82. The molecule has 1 aromatic heterocycles. The van der Waals surface area contributed by atoms with Crippen LogP contribution in [0.2, 0.25) is 0 Å². The van der Waals surface area contributed by atoms with E-state index in [9.17, 15) is 5.11 Å². The van der Waals surface area contributed by atoms with Crippen molar-refractivity contribution in [3.63, 3.8) is 0 Å². The van der Waals surface area contributed by atoms with Gasteiger partial charge in [-0.1, -0.05) is 12.1 Å². The van der Waals surface area contributed by atoms with Gasteiger partial charge in [0.25, 0.3) is 0 Å². The first-order valence-corrected chi connectivity index (χ1v) is 5.82. The first kappa shape index (κ1) is 12.4. The van der Waals surface area contributed by atoms with E-state index in [4.69, 9.17) is 4.74 Å². The number of ether oxygens (including phenoxy) is 1. The minimum absolute atomic E-state index is 0.204. The molecule has 0 spiro atoms. The van der Waals surface area contributed by atoms with Crippen LogP contribution in [0.25, 0.3) is 0 Å². The third-order valence-corrected chi connectivity index (χ3v) is 2.72. The van der Waals surface area contributed by atoms with E-state index in [0.717, 1.165) is 18.7 Å². The predicted molar refractivity (Wildman–Crippen MR) is 68.6 cm³/mol. The molecule has 2 rings (SSSR count). The molecule has 0 atom stereocenters. The van der Waals surface area contributed by atoms with Crippen LogP contribution in [-0.2, 0) is 13.1 Å². The number of rotatable bonds is 6. The monoisotopic (exact) mass is 247 g/mol. The number of hydrogen-bond donors (Lipinski definition) is 2. The van der Waals surface area contributed by atoms with Crippen molar-refractivity contribution in [3.8, 4) is 11.5 Å². The third-order valence-electron chi connectivity index (χ3n) is 2.72. The molecule has 0 amide bonds. The fourth-order valence-electron chi connectivity index (χ4n) is 1.73. The lowest BCUT2D eigenvalue weighted by Crippen LogP contribution is -2.19. The maximum Gasteiger partial charge on any atom is 0.162 e. The molecule has 2 aromatic rings. The van der Waals surface area contributed by atoms with Crippen molar-refractivity contribution in [3.05, 3.63) is 42.5 Å². The number of phenols is 1. The molecule has 0 aliphatic heterocycles. The van der Waals surface area contributed by atoms with Gasteiger partial charge < -0.3 is 19.7 Å². The van der Waals surface area contributed by atoms with Gasteiger partial charge in [-0.15, -0.1) is 0 Å². The molecule has 5 heteroatoms. The van der Waals surface area contributed by atoms with Crippen LogP contribution in [0, 0.1) is 0 Å². The standard InChI is InChI=1S/C13H17N3O2/c1-18-12-4-2-3-11(13(12)17)9-14-5-7-16-8-6-15-10-16/h2-4,6,8,10,14,17H,5,7,9H2,1H3. The highest BCUT2D eigenvalue weighted by Crippen LogP contribution is 2.28. The summed E-state index contributed by atoms with van der Waals surface area (Å²) in [5.41, 5.74) is 0.833. The van der Waals surface area contributed by atoms with E-state index >= 15 is 0 Å². The smallest absolute Gasteiger partial charge is 0.162 e. The molecule has 1 aromatic carbocycles. The Hall–Kier alpha value is -2.01. The SMILES string of the molecule is COc1cccc(CNCCn2ccnc2)c1O. The number of phenolic OH excluding ortho intramolecular Hbond substituents is 1. The topological polar surface area (TPSA) is 59.3 Å². The fraction of sp³-hybridized carbons (Fsp3) is 0.308. The van der Waals surface area contributed by atoms with Crippen LogP contribution < -0.4 is 10.1 Å². The highest BCUT2D eigenvalue weighted by molar-refractivity contribution is 5.45. The Morgan fingerprint density at radius 2 is 2.33 bits per heavy atom. The second kappa shape index (κ2) is 6.07. The Morgan fingerprint density at radius 1 is 1.44 bits per heavy atom. The molecule has 0 saturated heterocycles. The number of aromatic hydroxyl groups is 1. The molecular formula is C13H17N3O2. The summed E-state index contributed by atoms with van der Waals surface area (Å²) in [6.07, 6.45) is 5.46. The summed E-state index contributed by atoms with van der Waals surface area (Å²) in [5, 5.41) is 13.2. The minimum atomic E-state index is 0.204. The van der Waals surface area contributed by atoms with Crippen molar-refractivity contribution in [2.24, 2.45) is 0 Å². The van der Waals surface area contributed by atoms with E-state index in [1.54, 1.807) is 25.7 Å². The molecule has 0 aliphatic carbocycles. The van der Waals surface area contributed by atoms with E-state index in [1.165, 1.54) is 0 Å². The molecule has 5 nitrogen and oxygen atoms in total. The van der Waals surface area contributed by atoms with E-state index in [-0.39, 0.29) is 5.75 Å². The van der Waals surface area contributed by atoms with Crippen LogP contribution in [0.5, 0.6) is 11.5 Å². The van der Waals surface area contributed by atoms with Crippen LogP contribution in [0.4, 0.5) is 0 Å². The molecule has 1 heterocycles. The third kappa shape index (κ3) is 3.01. The second-order valence-corrected chi connectivity index (χ2v) is 3.95. The molecule has 96 valence electrons. The highest BCUT2D eigenvalue weighted by atomic mass is 16.5. The largest absolute Gasteiger partial charge is 0.504 e. The average Bonchev–Trinajstić information content (AvgIpc) is 2.89. The van der Waals surface area contributed by atoms with Crippen molar-refractivity contribution in [1.29, 1.82) is 0 Å². The Morgan fingerprint density at radius 3 is 3.06 bits per heavy atom.